The summed E-state index contributed by atoms with van der Waals surface area (Å²) in [5.74, 6) is -0.577. The quantitative estimate of drug-likeness (QED) is 0.796. The van der Waals surface area contributed by atoms with E-state index in [1.165, 1.54) is 18.5 Å². The van der Waals surface area contributed by atoms with Gasteiger partial charge < -0.3 is 15.3 Å². The van der Waals surface area contributed by atoms with Gasteiger partial charge in [0.2, 0.25) is 5.91 Å². The Balaban J connectivity index is 2.44. The molecule has 0 bridgehead atoms. The van der Waals surface area contributed by atoms with Gasteiger partial charge in [0.1, 0.15) is 5.75 Å². The molecule has 2 amide bonds. The van der Waals surface area contributed by atoms with E-state index in [1.54, 1.807) is 4.90 Å². The fourth-order valence-corrected chi connectivity index (χ4v) is 1.69. The highest BCUT2D eigenvalue weighted by molar-refractivity contribution is 5.96. The van der Waals surface area contributed by atoms with Crippen LogP contribution < -0.4 is 5.32 Å². The third kappa shape index (κ3) is 4.24. The molecule has 0 spiro atoms. The lowest BCUT2D eigenvalue weighted by Gasteiger charge is -2.18. The van der Waals surface area contributed by atoms with Crippen LogP contribution >= 0.6 is 0 Å². The first kappa shape index (κ1) is 14.9. The second-order valence-electron chi connectivity index (χ2n) is 3.96. The normalized spacial score (nSPS) is 10.0. The van der Waals surface area contributed by atoms with Crippen molar-refractivity contribution in [3.63, 3.8) is 0 Å². The Hall–Kier alpha value is -2.11. The fourth-order valence-electron chi connectivity index (χ4n) is 1.69. The van der Waals surface area contributed by atoms with Crippen LogP contribution in [0.25, 0.3) is 0 Å². The maximum atomic E-state index is 11.7. The molecule has 2 N–H and O–H groups in total. The molecule has 0 aromatic carbocycles. The summed E-state index contributed by atoms with van der Waals surface area (Å²) in [6.45, 7) is 5.39. The molecular formula is C13H19N3O3. The summed E-state index contributed by atoms with van der Waals surface area (Å²) >= 11 is 0. The van der Waals surface area contributed by atoms with Gasteiger partial charge in [0.15, 0.2) is 0 Å². The summed E-state index contributed by atoms with van der Waals surface area (Å²) in [4.78, 5) is 28.8. The lowest BCUT2D eigenvalue weighted by atomic mass is 10.2. The van der Waals surface area contributed by atoms with Gasteiger partial charge in [-0.15, -0.1) is 0 Å². The Bertz CT molecular complexity index is 445. The average Bonchev–Trinajstić information content (AvgIpc) is 2.40. The minimum absolute atomic E-state index is 0.00394. The Morgan fingerprint density at radius 1 is 1.37 bits per heavy atom. The minimum Gasteiger partial charge on any atom is -0.505 e. The predicted molar refractivity (Wildman–Crippen MR) is 70.8 cm³/mol. The lowest BCUT2D eigenvalue weighted by Crippen LogP contribution is -2.34. The molecule has 104 valence electrons. The topological polar surface area (TPSA) is 82.5 Å². The number of amides is 2. The molecule has 0 aliphatic heterocycles. The number of pyridine rings is 1. The molecule has 19 heavy (non-hydrogen) atoms. The highest BCUT2D eigenvalue weighted by Crippen LogP contribution is 2.13. The van der Waals surface area contributed by atoms with Crippen LogP contribution in [-0.4, -0.2) is 46.4 Å². The molecule has 0 saturated carbocycles. The molecule has 0 aliphatic carbocycles. The van der Waals surface area contributed by atoms with Gasteiger partial charge in [-0.2, -0.15) is 0 Å². The number of aromatic hydroxyl groups is 1. The third-order valence-electron chi connectivity index (χ3n) is 2.79. The van der Waals surface area contributed by atoms with Crippen LogP contribution in [0.15, 0.2) is 18.5 Å². The fraction of sp³-hybridized carbons (Fsp3) is 0.462. The van der Waals surface area contributed by atoms with Gasteiger partial charge in [-0.05, 0) is 19.9 Å². The summed E-state index contributed by atoms with van der Waals surface area (Å²) in [6, 6.07) is 1.43. The van der Waals surface area contributed by atoms with E-state index in [0.717, 1.165) is 0 Å². The molecule has 0 unspecified atom stereocenters. The first-order chi connectivity index (χ1) is 9.10. The van der Waals surface area contributed by atoms with E-state index < -0.39 is 5.91 Å². The van der Waals surface area contributed by atoms with Crippen LogP contribution in [0.3, 0.4) is 0 Å². The van der Waals surface area contributed by atoms with Crippen molar-refractivity contribution < 1.29 is 14.7 Å². The van der Waals surface area contributed by atoms with Gasteiger partial charge in [0.05, 0.1) is 11.8 Å². The Morgan fingerprint density at radius 2 is 2.05 bits per heavy atom. The minimum atomic E-state index is -0.410. The SMILES string of the molecule is CCN(CC)C(=O)CCNC(=O)c1ccncc1O. The van der Waals surface area contributed by atoms with Crippen LogP contribution in [0.5, 0.6) is 5.75 Å². The molecule has 0 saturated heterocycles. The first-order valence-electron chi connectivity index (χ1n) is 6.29. The zero-order valence-electron chi connectivity index (χ0n) is 11.2. The van der Waals surface area contributed by atoms with Gasteiger partial charge in [0.25, 0.3) is 5.91 Å². The molecule has 0 radical (unpaired) electrons. The molecular weight excluding hydrogens is 246 g/mol. The van der Waals surface area contributed by atoms with E-state index in [-0.39, 0.29) is 30.2 Å². The summed E-state index contributed by atoms with van der Waals surface area (Å²) in [5.41, 5.74) is 0.158. The number of hydrogen-bond acceptors (Lipinski definition) is 4. The summed E-state index contributed by atoms with van der Waals surface area (Å²) in [5, 5.41) is 12.1. The number of carbonyl (C=O) groups excluding carboxylic acids is 2. The smallest absolute Gasteiger partial charge is 0.255 e. The maximum Gasteiger partial charge on any atom is 0.255 e. The van der Waals surface area contributed by atoms with Gasteiger partial charge in [-0.25, -0.2) is 0 Å². The second-order valence-corrected chi connectivity index (χ2v) is 3.96. The van der Waals surface area contributed by atoms with E-state index in [0.29, 0.717) is 13.1 Å². The number of nitrogens with zero attached hydrogens (tertiary/aromatic N) is 2. The van der Waals surface area contributed by atoms with Crippen molar-refractivity contribution in [1.29, 1.82) is 0 Å². The van der Waals surface area contributed by atoms with Crippen LogP contribution in [0, 0.1) is 0 Å². The molecule has 6 nitrogen and oxygen atoms in total. The van der Waals surface area contributed by atoms with Gasteiger partial charge in [0, 0.05) is 32.3 Å². The monoisotopic (exact) mass is 265 g/mol. The largest absolute Gasteiger partial charge is 0.505 e. The number of nitrogens with one attached hydrogen (secondary N) is 1. The van der Waals surface area contributed by atoms with E-state index in [2.05, 4.69) is 10.3 Å². The molecule has 1 rings (SSSR count). The van der Waals surface area contributed by atoms with Crippen LogP contribution in [0.1, 0.15) is 30.6 Å². The summed E-state index contributed by atoms with van der Waals surface area (Å²) in [7, 11) is 0. The number of carbonyl (C=O) groups is 2. The highest BCUT2D eigenvalue weighted by atomic mass is 16.3. The van der Waals surface area contributed by atoms with Crippen molar-refractivity contribution in [3.8, 4) is 5.75 Å². The van der Waals surface area contributed by atoms with Crippen LogP contribution in [-0.2, 0) is 4.79 Å². The third-order valence-corrected chi connectivity index (χ3v) is 2.79. The van der Waals surface area contributed by atoms with Gasteiger partial charge >= 0.3 is 0 Å². The summed E-state index contributed by atoms with van der Waals surface area (Å²) in [6.07, 6.45) is 2.88. The Labute approximate surface area is 112 Å². The van der Waals surface area contributed by atoms with E-state index in [9.17, 15) is 14.7 Å². The molecule has 6 heteroatoms. The molecule has 0 atom stereocenters. The number of hydrogen-bond donors (Lipinski definition) is 2. The zero-order chi connectivity index (χ0) is 14.3. The highest BCUT2D eigenvalue weighted by Gasteiger charge is 2.12. The predicted octanol–water partition coefficient (Wildman–Crippen LogP) is 0.775. The zero-order valence-corrected chi connectivity index (χ0v) is 11.2. The Morgan fingerprint density at radius 3 is 2.63 bits per heavy atom. The molecule has 1 aromatic heterocycles. The summed E-state index contributed by atoms with van der Waals surface area (Å²) < 4.78 is 0. The van der Waals surface area contributed by atoms with Crippen molar-refractivity contribution in [2.45, 2.75) is 20.3 Å². The van der Waals surface area contributed by atoms with Crippen molar-refractivity contribution in [3.05, 3.63) is 24.0 Å². The Kier molecular flexibility index (Phi) is 5.78. The van der Waals surface area contributed by atoms with Crippen LogP contribution in [0.2, 0.25) is 0 Å². The van der Waals surface area contributed by atoms with Gasteiger partial charge in [-0.1, -0.05) is 0 Å². The lowest BCUT2D eigenvalue weighted by molar-refractivity contribution is -0.130. The van der Waals surface area contributed by atoms with Gasteiger partial charge in [-0.3, -0.25) is 14.6 Å². The van der Waals surface area contributed by atoms with Crippen molar-refractivity contribution in [2.24, 2.45) is 0 Å². The van der Waals surface area contributed by atoms with Crippen molar-refractivity contribution in [2.75, 3.05) is 19.6 Å². The van der Waals surface area contributed by atoms with Crippen LogP contribution in [0.4, 0.5) is 0 Å². The molecule has 0 fully saturated rings. The van der Waals surface area contributed by atoms with E-state index in [4.69, 9.17) is 0 Å². The van der Waals surface area contributed by atoms with E-state index >= 15 is 0 Å². The van der Waals surface area contributed by atoms with E-state index in [1.807, 2.05) is 13.8 Å². The maximum absolute atomic E-state index is 11.7. The molecule has 0 aliphatic rings. The van der Waals surface area contributed by atoms with Crippen molar-refractivity contribution >= 4 is 11.8 Å². The number of rotatable bonds is 6. The first-order valence-corrected chi connectivity index (χ1v) is 6.29. The number of aromatic nitrogens is 1. The van der Waals surface area contributed by atoms with Crippen molar-refractivity contribution in [1.82, 2.24) is 15.2 Å². The second kappa shape index (κ2) is 7.35. The molecule has 1 heterocycles. The molecule has 1 aromatic rings. The average molecular weight is 265 g/mol. The standard InChI is InChI=1S/C13H19N3O3/c1-3-16(4-2)12(18)6-8-15-13(19)10-5-7-14-9-11(10)17/h5,7,9,17H,3-4,6,8H2,1-2H3,(H,15,19).